The van der Waals surface area contributed by atoms with Crippen molar-refractivity contribution in [2.75, 3.05) is 5.32 Å². The van der Waals surface area contributed by atoms with Gasteiger partial charge in [-0.2, -0.15) is 0 Å². The lowest BCUT2D eigenvalue weighted by Crippen LogP contribution is -2.17. The molecule has 0 aliphatic heterocycles. The van der Waals surface area contributed by atoms with E-state index in [0.29, 0.717) is 44.0 Å². The number of aryl methyl sites for hydroxylation is 1. The highest BCUT2D eigenvalue weighted by Crippen LogP contribution is 2.28. The van der Waals surface area contributed by atoms with Crippen LogP contribution in [0.1, 0.15) is 17.0 Å². The van der Waals surface area contributed by atoms with E-state index in [1.165, 1.54) is 11.8 Å². The predicted molar refractivity (Wildman–Crippen MR) is 125 cm³/mol. The van der Waals surface area contributed by atoms with E-state index < -0.39 is 0 Å². The molecule has 0 saturated heterocycles. The topological polar surface area (TPSA) is 59.8 Å². The zero-order valence-corrected chi connectivity index (χ0v) is 19.2. The van der Waals surface area contributed by atoms with Gasteiger partial charge < -0.3 is 9.88 Å². The van der Waals surface area contributed by atoms with Crippen LogP contribution in [0.5, 0.6) is 0 Å². The van der Waals surface area contributed by atoms with Crippen molar-refractivity contribution in [1.29, 1.82) is 0 Å². The number of benzene rings is 2. The highest BCUT2D eigenvalue weighted by Gasteiger charge is 2.16. The van der Waals surface area contributed by atoms with Crippen LogP contribution in [-0.4, -0.2) is 20.7 Å². The van der Waals surface area contributed by atoms with E-state index in [9.17, 15) is 4.79 Å². The summed E-state index contributed by atoms with van der Waals surface area (Å²) in [6.45, 7) is 6.18. The van der Waals surface area contributed by atoms with Crippen molar-refractivity contribution in [3.63, 3.8) is 0 Å². The van der Waals surface area contributed by atoms with Gasteiger partial charge in [0.05, 0.1) is 6.42 Å². The lowest BCUT2D eigenvalue weighted by atomic mass is 10.2. The number of rotatable bonds is 8. The number of thioether (sulfide) groups is 1. The van der Waals surface area contributed by atoms with Gasteiger partial charge in [0.15, 0.2) is 5.16 Å². The summed E-state index contributed by atoms with van der Waals surface area (Å²) in [4.78, 5) is 12.5. The Hall–Kier alpha value is -1.99. The zero-order chi connectivity index (χ0) is 21.7. The second kappa shape index (κ2) is 10.4. The fourth-order valence-corrected chi connectivity index (χ4v) is 4.38. The van der Waals surface area contributed by atoms with E-state index >= 15 is 0 Å². The number of anilines is 1. The molecular formula is C21H19Cl3N4OS. The van der Waals surface area contributed by atoms with E-state index in [1.807, 2.05) is 29.7 Å². The van der Waals surface area contributed by atoms with Crippen molar-refractivity contribution in [2.24, 2.45) is 0 Å². The van der Waals surface area contributed by atoms with Gasteiger partial charge in [0.1, 0.15) is 5.82 Å². The van der Waals surface area contributed by atoms with Crippen LogP contribution in [0, 0.1) is 6.92 Å². The summed E-state index contributed by atoms with van der Waals surface area (Å²) in [5.74, 6) is 0.944. The molecule has 9 heteroatoms. The van der Waals surface area contributed by atoms with Crippen LogP contribution in [0.15, 0.2) is 54.2 Å². The van der Waals surface area contributed by atoms with Gasteiger partial charge in [-0.05, 0) is 42.3 Å². The molecule has 0 bridgehead atoms. The van der Waals surface area contributed by atoms with Crippen LogP contribution in [0.4, 0.5) is 5.69 Å². The van der Waals surface area contributed by atoms with Crippen LogP contribution in [-0.2, 0) is 23.5 Å². The molecule has 156 valence electrons. The Bertz CT molecular complexity index is 1080. The summed E-state index contributed by atoms with van der Waals surface area (Å²) in [5, 5.41) is 13.8. The summed E-state index contributed by atoms with van der Waals surface area (Å²) >= 11 is 19.8. The standard InChI is InChI=1S/C21H19Cl3N4OS/c1-3-8-28-19(11-20(29)25-16-7-4-13(2)17(23)10-16)26-27-21(28)30-12-14-5-6-15(22)9-18(14)24/h3-7,9-10H,1,8,11-12H2,2H3,(H,25,29). The quantitative estimate of drug-likeness (QED) is 0.307. The van der Waals surface area contributed by atoms with Crippen molar-refractivity contribution >= 4 is 58.2 Å². The molecule has 0 saturated carbocycles. The third-order valence-electron chi connectivity index (χ3n) is 4.25. The molecule has 3 rings (SSSR count). The van der Waals surface area contributed by atoms with E-state index in [-0.39, 0.29) is 12.3 Å². The number of carbonyl (C=O) groups excluding carboxylic acids is 1. The van der Waals surface area contributed by atoms with Gasteiger partial charge in [0.2, 0.25) is 5.91 Å². The first-order valence-electron chi connectivity index (χ1n) is 9.03. The number of nitrogens with one attached hydrogen (secondary N) is 1. The number of halogens is 3. The molecule has 2 aromatic carbocycles. The van der Waals surface area contributed by atoms with Crippen molar-refractivity contribution in [2.45, 2.75) is 30.8 Å². The summed E-state index contributed by atoms with van der Waals surface area (Å²) in [6.07, 6.45) is 1.82. The summed E-state index contributed by atoms with van der Waals surface area (Å²) in [5.41, 5.74) is 2.52. The zero-order valence-electron chi connectivity index (χ0n) is 16.2. The second-order valence-corrected chi connectivity index (χ2v) is 8.70. The molecular weight excluding hydrogens is 463 g/mol. The van der Waals surface area contributed by atoms with E-state index in [0.717, 1.165) is 11.1 Å². The van der Waals surface area contributed by atoms with Crippen LogP contribution in [0.2, 0.25) is 15.1 Å². The Morgan fingerprint density at radius 2 is 1.97 bits per heavy atom. The molecule has 1 heterocycles. The maximum atomic E-state index is 12.5. The second-order valence-electron chi connectivity index (χ2n) is 6.51. The monoisotopic (exact) mass is 480 g/mol. The number of carbonyl (C=O) groups is 1. The van der Waals surface area contributed by atoms with Crippen molar-refractivity contribution in [3.05, 3.63) is 81.1 Å². The molecule has 5 nitrogen and oxygen atoms in total. The number of allylic oxidation sites excluding steroid dienone is 1. The summed E-state index contributed by atoms with van der Waals surface area (Å²) < 4.78 is 1.86. The first kappa shape index (κ1) is 22.7. The van der Waals surface area contributed by atoms with Gasteiger partial charge in [0.25, 0.3) is 0 Å². The molecule has 1 aromatic heterocycles. The Labute approximate surface area is 194 Å². The van der Waals surface area contributed by atoms with Gasteiger partial charge in [-0.25, -0.2) is 0 Å². The van der Waals surface area contributed by atoms with Crippen LogP contribution in [0.25, 0.3) is 0 Å². The third kappa shape index (κ3) is 5.79. The fourth-order valence-electron chi connectivity index (χ4n) is 2.67. The highest BCUT2D eigenvalue weighted by molar-refractivity contribution is 7.98. The largest absolute Gasteiger partial charge is 0.326 e. The minimum atomic E-state index is -0.204. The van der Waals surface area contributed by atoms with E-state index in [4.69, 9.17) is 34.8 Å². The van der Waals surface area contributed by atoms with E-state index in [1.54, 1.807) is 24.3 Å². The van der Waals surface area contributed by atoms with Crippen LogP contribution < -0.4 is 5.32 Å². The SMILES string of the molecule is C=CCn1c(CC(=O)Nc2ccc(C)c(Cl)c2)nnc1SCc1ccc(Cl)cc1Cl. The lowest BCUT2D eigenvalue weighted by molar-refractivity contribution is -0.115. The van der Waals surface area contributed by atoms with Crippen molar-refractivity contribution in [3.8, 4) is 0 Å². The molecule has 30 heavy (non-hydrogen) atoms. The smallest absolute Gasteiger partial charge is 0.232 e. The molecule has 0 fully saturated rings. The Kier molecular flexibility index (Phi) is 7.83. The number of aromatic nitrogens is 3. The first-order valence-corrected chi connectivity index (χ1v) is 11.1. The van der Waals surface area contributed by atoms with Gasteiger partial charge in [-0.1, -0.05) is 64.8 Å². The normalized spacial score (nSPS) is 10.8. The molecule has 0 radical (unpaired) electrons. The van der Waals surface area contributed by atoms with Crippen molar-refractivity contribution < 1.29 is 4.79 Å². The first-order chi connectivity index (χ1) is 14.4. The number of nitrogens with zero attached hydrogens (tertiary/aromatic N) is 3. The molecule has 0 aliphatic rings. The average molecular weight is 482 g/mol. The summed E-state index contributed by atoms with van der Waals surface area (Å²) in [6, 6.07) is 10.8. The summed E-state index contributed by atoms with van der Waals surface area (Å²) in [7, 11) is 0. The molecule has 0 atom stereocenters. The molecule has 0 aliphatic carbocycles. The highest BCUT2D eigenvalue weighted by atomic mass is 35.5. The number of amides is 1. The average Bonchev–Trinajstić information content (AvgIpc) is 3.06. The Morgan fingerprint density at radius 3 is 2.67 bits per heavy atom. The molecule has 0 spiro atoms. The minimum Gasteiger partial charge on any atom is -0.326 e. The van der Waals surface area contributed by atoms with Gasteiger partial charge in [-0.3, -0.25) is 4.79 Å². The lowest BCUT2D eigenvalue weighted by Gasteiger charge is -2.09. The predicted octanol–water partition coefficient (Wildman–Crippen LogP) is 6.21. The minimum absolute atomic E-state index is 0.0780. The maximum Gasteiger partial charge on any atom is 0.232 e. The van der Waals surface area contributed by atoms with E-state index in [2.05, 4.69) is 22.1 Å². The molecule has 1 amide bonds. The van der Waals surface area contributed by atoms with Gasteiger partial charge >= 0.3 is 0 Å². The number of hydrogen-bond donors (Lipinski definition) is 1. The van der Waals surface area contributed by atoms with Crippen LogP contribution in [0.3, 0.4) is 0 Å². The number of hydrogen-bond acceptors (Lipinski definition) is 4. The molecule has 0 unspecified atom stereocenters. The fraction of sp³-hybridized carbons (Fsp3) is 0.190. The Balaban J connectivity index is 1.70. The van der Waals surface area contributed by atoms with Crippen LogP contribution >= 0.6 is 46.6 Å². The van der Waals surface area contributed by atoms with Gasteiger partial charge in [-0.15, -0.1) is 16.8 Å². The maximum absolute atomic E-state index is 12.5. The Morgan fingerprint density at radius 1 is 1.17 bits per heavy atom. The third-order valence-corrected chi connectivity index (χ3v) is 6.26. The van der Waals surface area contributed by atoms with Crippen molar-refractivity contribution in [1.82, 2.24) is 14.8 Å². The molecule has 1 N–H and O–H groups in total. The molecule has 3 aromatic rings. The van der Waals surface area contributed by atoms with Gasteiger partial charge in [0, 0.05) is 33.1 Å².